The second-order valence-corrected chi connectivity index (χ2v) is 5.42. The highest BCUT2D eigenvalue weighted by Gasteiger charge is 2.07. The number of rotatable bonds is 9. The van der Waals surface area contributed by atoms with Crippen LogP contribution in [-0.2, 0) is 6.54 Å². The Labute approximate surface area is 121 Å². The lowest BCUT2D eigenvalue weighted by atomic mass is 10.1. The predicted octanol–water partition coefficient (Wildman–Crippen LogP) is 4.05. The predicted molar refractivity (Wildman–Crippen MR) is 80.8 cm³/mol. The quantitative estimate of drug-likeness (QED) is 0.695. The van der Waals surface area contributed by atoms with Gasteiger partial charge < -0.3 is 10.1 Å². The molecule has 1 unspecified atom stereocenters. The topological polar surface area (TPSA) is 34.2 Å². The molecule has 0 bridgehead atoms. The van der Waals surface area contributed by atoms with Crippen molar-refractivity contribution in [2.75, 3.05) is 13.2 Å². The van der Waals surface area contributed by atoms with Crippen LogP contribution in [0.5, 0.6) is 5.88 Å². The molecule has 108 valence electrons. The Balaban J connectivity index is 2.47. The Hall–Kier alpha value is -0.800. The van der Waals surface area contributed by atoms with Crippen LogP contribution in [0, 0.1) is 5.92 Å². The minimum Gasteiger partial charge on any atom is -0.476 e. The Morgan fingerprint density at radius 1 is 1.37 bits per heavy atom. The maximum absolute atomic E-state index is 6.19. The van der Waals surface area contributed by atoms with Gasteiger partial charge in [-0.2, -0.15) is 0 Å². The van der Waals surface area contributed by atoms with Gasteiger partial charge in [0.05, 0.1) is 6.61 Å². The van der Waals surface area contributed by atoms with Gasteiger partial charge in [0.25, 0.3) is 0 Å². The summed E-state index contributed by atoms with van der Waals surface area (Å²) < 4.78 is 5.67. The molecule has 0 aliphatic carbocycles. The fourth-order valence-corrected chi connectivity index (χ4v) is 2.12. The van der Waals surface area contributed by atoms with Gasteiger partial charge in [0.1, 0.15) is 5.02 Å². The lowest BCUT2D eigenvalue weighted by molar-refractivity contribution is 0.243. The summed E-state index contributed by atoms with van der Waals surface area (Å²) in [6, 6.07) is 1.93. The third-order valence-electron chi connectivity index (χ3n) is 2.91. The van der Waals surface area contributed by atoms with Gasteiger partial charge in [-0.25, -0.2) is 4.98 Å². The highest BCUT2D eigenvalue weighted by atomic mass is 35.5. The third kappa shape index (κ3) is 6.26. The number of nitrogens with one attached hydrogen (secondary N) is 1. The fraction of sp³-hybridized carbons (Fsp3) is 0.667. The maximum Gasteiger partial charge on any atom is 0.232 e. The number of hydrogen-bond donors (Lipinski definition) is 1. The minimum absolute atomic E-state index is 0.536. The molecule has 3 nitrogen and oxygen atoms in total. The SMILES string of the molecule is CCCNCc1cnc(OCC(C)CCC)c(Cl)c1. The minimum atomic E-state index is 0.536. The molecule has 1 aromatic rings. The van der Waals surface area contributed by atoms with E-state index in [2.05, 4.69) is 31.1 Å². The summed E-state index contributed by atoms with van der Waals surface area (Å²) in [5, 5.41) is 3.92. The average Bonchev–Trinajstić information content (AvgIpc) is 2.38. The summed E-state index contributed by atoms with van der Waals surface area (Å²) in [5.74, 6) is 1.08. The summed E-state index contributed by atoms with van der Waals surface area (Å²) in [5.41, 5.74) is 1.09. The van der Waals surface area contributed by atoms with Crippen LogP contribution in [0.15, 0.2) is 12.3 Å². The lowest BCUT2D eigenvalue weighted by Crippen LogP contribution is -2.14. The molecule has 0 fully saturated rings. The van der Waals surface area contributed by atoms with Crippen LogP contribution in [0.25, 0.3) is 0 Å². The zero-order valence-corrected chi connectivity index (χ0v) is 13.0. The summed E-state index contributed by atoms with van der Waals surface area (Å²) in [6.45, 7) is 8.98. The molecule has 1 aromatic heterocycles. The van der Waals surface area contributed by atoms with Gasteiger partial charge in [-0.05, 0) is 36.9 Å². The van der Waals surface area contributed by atoms with Crippen molar-refractivity contribution in [1.82, 2.24) is 10.3 Å². The molecule has 0 spiro atoms. The van der Waals surface area contributed by atoms with Gasteiger partial charge in [-0.1, -0.05) is 38.8 Å². The number of pyridine rings is 1. The summed E-state index contributed by atoms with van der Waals surface area (Å²) >= 11 is 6.19. The van der Waals surface area contributed by atoms with Crippen molar-refractivity contribution < 1.29 is 4.74 Å². The molecular weight excluding hydrogens is 260 g/mol. The van der Waals surface area contributed by atoms with E-state index >= 15 is 0 Å². The summed E-state index contributed by atoms with van der Waals surface area (Å²) in [7, 11) is 0. The molecular formula is C15H25ClN2O. The Kier molecular flexibility index (Phi) is 7.84. The highest BCUT2D eigenvalue weighted by molar-refractivity contribution is 6.31. The maximum atomic E-state index is 6.19. The Morgan fingerprint density at radius 2 is 2.16 bits per heavy atom. The smallest absolute Gasteiger partial charge is 0.232 e. The molecule has 0 aliphatic heterocycles. The summed E-state index contributed by atoms with van der Waals surface area (Å²) in [4.78, 5) is 4.29. The van der Waals surface area contributed by atoms with Crippen molar-refractivity contribution in [1.29, 1.82) is 0 Å². The van der Waals surface area contributed by atoms with E-state index in [0.717, 1.165) is 31.5 Å². The van der Waals surface area contributed by atoms with E-state index in [1.165, 1.54) is 6.42 Å². The van der Waals surface area contributed by atoms with Gasteiger partial charge >= 0.3 is 0 Å². The third-order valence-corrected chi connectivity index (χ3v) is 3.18. The van der Waals surface area contributed by atoms with E-state index in [9.17, 15) is 0 Å². The van der Waals surface area contributed by atoms with Gasteiger partial charge in [-0.15, -0.1) is 0 Å². The lowest BCUT2D eigenvalue weighted by Gasteiger charge is -2.13. The monoisotopic (exact) mass is 284 g/mol. The first-order chi connectivity index (χ1) is 9.17. The zero-order valence-electron chi connectivity index (χ0n) is 12.2. The van der Waals surface area contributed by atoms with E-state index in [0.29, 0.717) is 23.4 Å². The van der Waals surface area contributed by atoms with Crippen molar-refractivity contribution in [3.05, 3.63) is 22.8 Å². The second-order valence-electron chi connectivity index (χ2n) is 5.01. The van der Waals surface area contributed by atoms with E-state index in [1.54, 1.807) is 0 Å². The van der Waals surface area contributed by atoms with Crippen molar-refractivity contribution in [3.63, 3.8) is 0 Å². The van der Waals surface area contributed by atoms with E-state index in [4.69, 9.17) is 16.3 Å². The van der Waals surface area contributed by atoms with Crippen LogP contribution in [0.2, 0.25) is 5.02 Å². The number of ether oxygens (including phenoxy) is 1. The molecule has 0 saturated heterocycles. The van der Waals surface area contributed by atoms with E-state index in [1.807, 2.05) is 12.3 Å². The number of nitrogens with zero attached hydrogens (tertiary/aromatic N) is 1. The van der Waals surface area contributed by atoms with Gasteiger partial charge in [0.2, 0.25) is 5.88 Å². The fourth-order valence-electron chi connectivity index (χ4n) is 1.87. The van der Waals surface area contributed by atoms with Gasteiger partial charge in [0, 0.05) is 12.7 Å². The number of aromatic nitrogens is 1. The molecule has 0 radical (unpaired) electrons. The average molecular weight is 285 g/mol. The first-order valence-electron chi connectivity index (χ1n) is 7.15. The molecule has 4 heteroatoms. The molecule has 0 amide bonds. The van der Waals surface area contributed by atoms with Crippen LogP contribution in [0.1, 0.15) is 45.6 Å². The Morgan fingerprint density at radius 3 is 2.79 bits per heavy atom. The largest absolute Gasteiger partial charge is 0.476 e. The Bertz CT molecular complexity index is 371. The van der Waals surface area contributed by atoms with Crippen LogP contribution in [-0.4, -0.2) is 18.1 Å². The van der Waals surface area contributed by atoms with Crippen molar-refractivity contribution in [2.45, 2.75) is 46.6 Å². The molecule has 1 N–H and O–H groups in total. The normalized spacial score (nSPS) is 12.4. The molecule has 1 rings (SSSR count). The molecule has 0 aliphatic rings. The zero-order chi connectivity index (χ0) is 14.1. The standard InChI is InChI=1S/C15H25ClN2O/c1-4-6-12(3)11-19-15-14(16)8-13(10-18-15)9-17-7-5-2/h8,10,12,17H,4-7,9,11H2,1-3H3. The van der Waals surface area contributed by atoms with Crippen LogP contribution >= 0.6 is 11.6 Å². The van der Waals surface area contributed by atoms with Gasteiger partial charge in [0.15, 0.2) is 0 Å². The number of hydrogen-bond acceptors (Lipinski definition) is 3. The first-order valence-corrected chi connectivity index (χ1v) is 7.53. The summed E-state index contributed by atoms with van der Waals surface area (Å²) in [6.07, 6.45) is 5.29. The molecule has 0 saturated carbocycles. The van der Waals surface area contributed by atoms with Gasteiger partial charge in [-0.3, -0.25) is 0 Å². The van der Waals surface area contributed by atoms with Crippen LogP contribution < -0.4 is 10.1 Å². The van der Waals surface area contributed by atoms with Crippen LogP contribution in [0.3, 0.4) is 0 Å². The number of halogens is 1. The van der Waals surface area contributed by atoms with Crippen LogP contribution in [0.4, 0.5) is 0 Å². The van der Waals surface area contributed by atoms with Crippen molar-refractivity contribution in [3.8, 4) is 5.88 Å². The molecule has 19 heavy (non-hydrogen) atoms. The van der Waals surface area contributed by atoms with Crippen molar-refractivity contribution >= 4 is 11.6 Å². The first kappa shape index (κ1) is 16.3. The highest BCUT2D eigenvalue weighted by Crippen LogP contribution is 2.23. The van der Waals surface area contributed by atoms with Crippen molar-refractivity contribution in [2.24, 2.45) is 5.92 Å². The van der Waals surface area contributed by atoms with E-state index in [-0.39, 0.29) is 0 Å². The molecule has 1 heterocycles. The van der Waals surface area contributed by atoms with E-state index < -0.39 is 0 Å². The second kappa shape index (κ2) is 9.16. The molecule has 0 aromatic carbocycles. The molecule has 1 atom stereocenters.